The molecule has 0 aliphatic carbocycles. The van der Waals surface area contributed by atoms with E-state index in [-0.39, 0.29) is 0 Å². The van der Waals surface area contributed by atoms with E-state index in [2.05, 4.69) is 9.97 Å². The zero-order chi connectivity index (χ0) is 20.6. The number of nitrogens with zero attached hydrogens (tertiary/aromatic N) is 2. The fourth-order valence-electron chi connectivity index (χ4n) is 2.10. The second-order valence-corrected chi connectivity index (χ2v) is 6.36. The summed E-state index contributed by atoms with van der Waals surface area (Å²) in [4.78, 5) is 18.2. The maximum Gasteiger partial charge on any atom is 0.184 e. The Morgan fingerprint density at radius 3 is 1.81 bits per heavy atom. The van der Waals surface area contributed by atoms with Crippen LogP contribution in [0.3, 0.4) is 0 Å². The Morgan fingerprint density at radius 2 is 1.44 bits per heavy atom. The highest BCUT2D eigenvalue weighted by Gasteiger charge is 2.14. The summed E-state index contributed by atoms with van der Waals surface area (Å²) in [5.41, 5.74) is 1.97. The van der Waals surface area contributed by atoms with Gasteiger partial charge in [0.05, 0.1) is 33.6 Å². The minimum Gasteiger partial charge on any atom is -0.387 e. The van der Waals surface area contributed by atoms with Crippen LogP contribution in [0.1, 0.15) is 59.7 Å². The van der Waals surface area contributed by atoms with Gasteiger partial charge in [-0.1, -0.05) is 23.2 Å². The number of methoxy groups -OCH3 is 2. The van der Waals surface area contributed by atoms with Crippen molar-refractivity contribution in [2.75, 3.05) is 14.2 Å². The van der Waals surface area contributed by atoms with Gasteiger partial charge in [-0.2, -0.15) is 0 Å². The Hall–Kier alpha value is -1.61. The molecular weight excluding hydrogens is 395 g/mol. The molecule has 0 spiro atoms. The smallest absolute Gasteiger partial charge is 0.184 e. The van der Waals surface area contributed by atoms with Gasteiger partial charge in [-0.15, -0.1) is 0 Å². The topological polar surface area (TPSA) is 102 Å². The van der Waals surface area contributed by atoms with Gasteiger partial charge in [-0.25, -0.2) is 0 Å². The standard InChI is InChI=1S/C10H14ClNO3.C8H8ClNO2/c1-6(13)9-8(11)4-7(5-12-9)10(14-2)15-3;1-5(12)8-7(9)2-6(4-11)3-10-8/h4-6,10,13H,1-3H3;2-5,12H,1H3. The van der Waals surface area contributed by atoms with Crippen LogP contribution in [0.5, 0.6) is 0 Å². The number of carbonyl (C=O) groups excluding carboxylic acids is 1. The first-order chi connectivity index (χ1) is 12.7. The Kier molecular flexibility index (Phi) is 9.79. The zero-order valence-electron chi connectivity index (χ0n) is 15.4. The molecule has 7 nitrogen and oxygen atoms in total. The van der Waals surface area contributed by atoms with Crippen LogP contribution in [0.2, 0.25) is 10.0 Å². The fraction of sp³-hybridized carbons (Fsp3) is 0.389. The zero-order valence-corrected chi connectivity index (χ0v) is 16.9. The summed E-state index contributed by atoms with van der Waals surface area (Å²) < 4.78 is 10.1. The summed E-state index contributed by atoms with van der Waals surface area (Å²) in [7, 11) is 3.06. The van der Waals surface area contributed by atoms with Crippen molar-refractivity contribution in [2.24, 2.45) is 0 Å². The molecule has 0 saturated carbocycles. The predicted molar refractivity (Wildman–Crippen MR) is 102 cm³/mol. The first-order valence-corrected chi connectivity index (χ1v) is 8.68. The summed E-state index contributed by atoms with van der Waals surface area (Å²) in [6.45, 7) is 3.17. The number of hydrogen-bond donors (Lipinski definition) is 2. The summed E-state index contributed by atoms with van der Waals surface area (Å²) >= 11 is 11.7. The quantitative estimate of drug-likeness (QED) is 0.546. The van der Waals surface area contributed by atoms with Crippen LogP contribution >= 0.6 is 23.2 Å². The number of aliphatic hydroxyl groups is 2. The lowest BCUT2D eigenvalue weighted by atomic mass is 10.2. The summed E-state index contributed by atoms with van der Waals surface area (Å²) in [6.07, 6.45) is 1.73. The molecule has 0 aliphatic rings. The first-order valence-electron chi connectivity index (χ1n) is 7.92. The molecule has 27 heavy (non-hydrogen) atoms. The van der Waals surface area contributed by atoms with E-state index in [9.17, 15) is 9.90 Å². The molecule has 0 amide bonds. The second kappa shape index (κ2) is 11.3. The van der Waals surface area contributed by atoms with Crippen molar-refractivity contribution in [3.63, 3.8) is 0 Å². The van der Waals surface area contributed by atoms with E-state index in [4.69, 9.17) is 37.8 Å². The Balaban J connectivity index is 0.000000277. The van der Waals surface area contributed by atoms with Gasteiger partial charge in [-0.05, 0) is 26.0 Å². The van der Waals surface area contributed by atoms with Gasteiger partial charge in [0.25, 0.3) is 0 Å². The van der Waals surface area contributed by atoms with Crippen molar-refractivity contribution in [3.05, 3.63) is 57.1 Å². The average Bonchev–Trinajstić information content (AvgIpc) is 2.62. The Morgan fingerprint density at radius 1 is 0.963 bits per heavy atom. The van der Waals surface area contributed by atoms with Crippen LogP contribution in [0.4, 0.5) is 0 Å². The van der Waals surface area contributed by atoms with Crippen LogP contribution in [0.25, 0.3) is 0 Å². The SMILES string of the molecule is CC(O)c1ncc(C=O)cc1Cl.COC(OC)c1cnc(C(C)O)c(Cl)c1. The lowest BCUT2D eigenvalue weighted by Crippen LogP contribution is -2.06. The molecule has 0 bridgehead atoms. The molecule has 2 aromatic heterocycles. The van der Waals surface area contributed by atoms with E-state index in [1.54, 1.807) is 26.1 Å². The van der Waals surface area contributed by atoms with Gasteiger partial charge >= 0.3 is 0 Å². The number of aromatic nitrogens is 2. The summed E-state index contributed by atoms with van der Waals surface area (Å²) in [5, 5.41) is 19.2. The van der Waals surface area contributed by atoms with Gasteiger partial charge in [0.1, 0.15) is 0 Å². The maximum absolute atomic E-state index is 10.3. The van der Waals surface area contributed by atoms with Crippen LogP contribution in [0.15, 0.2) is 24.5 Å². The lowest BCUT2D eigenvalue weighted by Gasteiger charge is -2.15. The first kappa shape index (κ1) is 23.4. The third-order valence-electron chi connectivity index (χ3n) is 3.41. The molecule has 0 fully saturated rings. The summed E-state index contributed by atoms with van der Waals surface area (Å²) in [6, 6.07) is 3.15. The van der Waals surface area contributed by atoms with Crippen molar-refractivity contribution in [1.29, 1.82) is 0 Å². The van der Waals surface area contributed by atoms with Gasteiger partial charge in [-0.3, -0.25) is 14.8 Å². The molecule has 2 rings (SSSR count). The highest BCUT2D eigenvalue weighted by molar-refractivity contribution is 6.31. The minimum absolute atomic E-state index is 0.314. The van der Waals surface area contributed by atoms with E-state index in [0.717, 1.165) is 5.56 Å². The van der Waals surface area contributed by atoms with Crippen molar-refractivity contribution in [2.45, 2.75) is 32.3 Å². The van der Waals surface area contributed by atoms with Gasteiger partial charge in [0, 0.05) is 37.7 Å². The number of ether oxygens (including phenoxy) is 2. The van der Waals surface area contributed by atoms with Gasteiger partial charge < -0.3 is 19.7 Å². The van der Waals surface area contributed by atoms with Crippen molar-refractivity contribution >= 4 is 29.5 Å². The molecule has 2 atom stereocenters. The minimum atomic E-state index is -0.710. The molecule has 0 aliphatic heterocycles. The number of hydrogen-bond acceptors (Lipinski definition) is 7. The van der Waals surface area contributed by atoms with Crippen molar-refractivity contribution in [3.8, 4) is 0 Å². The van der Waals surface area contributed by atoms with Crippen LogP contribution in [-0.4, -0.2) is 40.7 Å². The summed E-state index contributed by atoms with van der Waals surface area (Å²) in [5.74, 6) is 0. The molecular formula is C18H22Cl2N2O5. The molecule has 2 aromatic rings. The van der Waals surface area contributed by atoms with E-state index in [0.29, 0.717) is 33.3 Å². The molecule has 2 N–H and O–H groups in total. The highest BCUT2D eigenvalue weighted by Crippen LogP contribution is 2.25. The number of aldehydes is 1. The number of aliphatic hydroxyl groups excluding tert-OH is 2. The number of pyridine rings is 2. The number of carbonyl (C=O) groups is 1. The Bertz CT molecular complexity index is 753. The normalized spacial score (nSPS) is 12.9. The van der Waals surface area contributed by atoms with Crippen molar-refractivity contribution < 1.29 is 24.5 Å². The molecule has 0 saturated heterocycles. The molecule has 9 heteroatoms. The third-order valence-corrected chi connectivity index (χ3v) is 4.01. The Labute approximate surface area is 167 Å². The largest absolute Gasteiger partial charge is 0.387 e. The molecule has 148 valence electrons. The second-order valence-electron chi connectivity index (χ2n) is 5.54. The van der Waals surface area contributed by atoms with Gasteiger partial charge in [0.15, 0.2) is 12.6 Å². The van der Waals surface area contributed by atoms with E-state index >= 15 is 0 Å². The highest BCUT2D eigenvalue weighted by atomic mass is 35.5. The van der Waals surface area contributed by atoms with E-state index < -0.39 is 18.5 Å². The van der Waals surface area contributed by atoms with Crippen LogP contribution in [0, 0.1) is 0 Å². The molecule has 0 radical (unpaired) electrons. The monoisotopic (exact) mass is 416 g/mol. The average molecular weight is 417 g/mol. The predicted octanol–water partition coefficient (Wildman–Crippen LogP) is 3.68. The molecule has 2 unspecified atom stereocenters. The lowest BCUT2D eigenvalue weighted by molar-refractivity contribution is -0.106. The van der Waals surface area contributed by atoms with E-state index in [1.807, 2.05) is 0 Å². The van der Waals surface area contributed by atoms with Crippen LogP contribution < -0.4 is 0 Å². The third kappa shape index (κ3) is 6.80. The number of rotatable bonds is 6. The van der Waals surface area contributed by atoms with Crippen LogP contribution in [-0.2, 0) is 9.47 Å². The maximum atomic E-state index is 10.3. The van der Waals surface area contributed by atoms with Crippen molar-refractivity contribution in [1.82, 2.24) is 9.97 Å². The molecule has 0 aromatic carbocycles. The molecule has 2 heterocycles. The fourth-order valence-corrected chi connectivity index (χ4v) is 2.77. The van der Waals surface area contributed by atoms with Gasteiger partial charge in [0.2, 0.25) is 0 Å². The van der Waals surface area contributed by atoms with E-state index in [1.165, 1.54) is 26.5 Å². The number of halogens is 2.